The predicted molar refractivity (Wildman–Crippen MR) is 111 cm³/mol. The predicted octanol–water partition coefficient (Wildman–Crippen LogP) is 1.04. The first kappa shape index (κ1) is 20.0. The van der Waals surface area contributed by atoms with Crippen molar-refractivity contribution in [3.8, 4) is 5.69 Å². The van der Waals surface area contributed by atoms with Crippen LogP contribution in [-0.2, 0) is 11.3 Å². The fourth-order valence-corrected chi connectivity index (χ4v) is 3.31. The second-order valence-corrected chi connectivity index (χ2v) is 6.92. The van der Waals surface area contributed by atoms with Crippen molar-refractivity contribution in [1.82, 2.24) is 25.4 Å². The van der Waals surface area contributed by atoms with Crippen LogP contribution in [-0.4, -0.2) is 51.1 Å². The highest BCUT2D eigenvalue weighted by atomic mass is 16.6. The first-order valence-corrected chi connectivity index (χ1v) is 9.53. The average Bonchev–Trinajstić information content (AvgIpc) is 3.32. The van der Waals surface area contributed by atoms with Crippen molar-refractivity contribution in [3.05, 3.63) is 76.4 Å². The topological polar surface area (TPSA) is 135 Å². The Labute approximate surface area is 176 Å². The zero-order valence-corrected chi connectivity index (χ0v) is 16.4. The Morgan fingerprint density at radius 1 is 1.23 bits per heavy atom. The number of amides is 2. The number of nitro benzene ring substituents is 1. The van der Waals surface area contributed by atoms with Crippen molar-refractivity contribution in [3.63, 3.8) is 0 Å². The summed E-state index contributed by atoms with van der Waals surface area (Å²) < 4.78 is 1.27. The number of hydrogen-bond acceptors (Lipinski definition) is 7. The first-order chi connectivity index (χ1) is 15.0. The number of anilines is 1. The third-order valence-electron chi connectivity index (χ3n) is 4.89. The molecule has 1 aromatic heterocycles. The van der Waals surface area contributed by atoms with E-state index in [9.17, 15) is 19.7 Å². The lowest BCUT2D eigenvalue weighted by Crippen LogP contribution is -2.47. The van der Waals surface area contributed by atoms with E-state index in [0.717, 1.165) is 17.8 Å². The maximum atomic E-state index is 12.5. The lowest BCUT2D eigenvalue weighted by atomic mass is 10.1. The van der Waals surface area contributed by atoms with Gasteiger partial charge in [0.05, 0.1) is 11.5 Å². The van der Waals surface area contributed by atoms with E-state index in [1.54, 1.807) is 0 Å². The minimum absolute atomic E-state index is 0.00785. The molecule has 3 aromatic rings. The molecule has 1 aliphatic rings. The van der Waals surface area contributed by atoms with Gasteiger partial charge >= 0.3 is 0 Å². The number of carbonyl (C=O) groups is 2. The Hall–Kier alpha value is -4.28. The summed E-state index contributed by atoms with van der Waals surface area (Å²) >= 11 is 0. The number of benzene rings is 2. The van der Waals surface area contributed by atoms with Crippen LogP contribution in [0.25, 0.3) is 5.69 Å². The summed E-state index contributed by atoms with van der Waals surface area (Å²) in [5.41, 5.74) is 1.96. The molecular weight excluding hydrogens is 402 g/mol. The molecule has 1 saturated heterocycles. The molecule has 31 heavy (non-hydrogen) atoms. The van der Waals surface area contributed by atoms with Crippen LogP contribution in [0, 0.1) is 10.1 Å². The van der Waals surface area contributed by atoms with Crippen molar-refractivity contribution in [2.45, 2.75) is 6.54 Å². The third-order valence-corrected chi connectivity index (χ3v) is 4.89. The molecular formula is C20H19N7O4. The quantitative estimate of drug-likeness (QED) is 0.448. The number of aromatic nitrogens is 3. The minimum atomic E-state index is -0.562. The van der Waals surface area contributed by atoms with Crippen LogP contribution in [0.4, 0.5) is 11.4 Å². The summed E-state index contributed by atoms with van der Waals surface area (Å²) in [5, 5.41) is 20.9. The molecule has 1 fully saturated rings. The second kappa shape index (κ2) is 8.61. The molecule has 0 saturated carbocycles. The fraction of sp³-hybridized carbons (Fsp3) is 0.200. The zero-order valence-electron chi connectivity index (χ0n) is 16.4. The van der Waals surface area contributed by atoms with Gasteiger partial charge in [0.25, 0.3) is 11.6 Å². The first-order valence-electron chi connectivity index (χ1n) is 9.53. The van der Waals surface area contributed by atoms with Gasteiger partial charge in [-0.1, -0.05) is 12.1 Å². The summed E-state index contributed by atoms with van der Waals surface area (Å²) in [6, 6.07) is 11.7. The molecule has 0 aliphatic carbocycles. The summed E-state index contributed by atoms with van der Waals surface area (Å²) in [5.74, 6) is -0.434. The van der Waals surface area contributed by atoms with E-state index in [1.807, 2.05) is 29.2 Å². The Morgan fingerprint density at radius 2 is 2.03 bits per heavy atom. The molecule has 0 spiro atoms. The summed E-state index contributed by atoms with van der Waals surface area (Å²) in [7, 11) is 0. The average molecular weight is 421 g/mol. The van der Waals surface area contributed by atoms with Gasteiger partial charge in [-0.2, -0.15) is 5.10 Å². The molecule has 158 valence electrons. The van der Waals surface area contributed by atoms with Crippen LogP contribution in [0.3, 0.4) is 0 Å². The smallest absolute Gasteiger partial charge is 0.295 e. The molecule has 11 heteroatoms. The molecule has 0 atom stereocenters. The van der Waals surface area contributed by atoms with Crippen molar-refractivity contribution in [2.75, 3.05) is 24.5 Å². The van der Waals surface area contributed by atoms with Gasteiger partial charge in [-0.05, 0) is 29.8 Å². The number of piperazine rings is 1. The molecule has 0 radical (unpaired) electrons. The third kappa shape index (κ3) is 4.50. The van der Waals surface area contributed by atoms with Gasteiger partial charge in [-0.15, -0.1) is 0 Å². The maximum Gasteiger partial charge on any atom is 0.295 e. The van der Waals surface area contributed by atoms with Crippen LogP contribution >= 0.6 is 0 Å². The van der Waals surface area contributed by atoms with Gasteiger partial charge in [-0.3, -0.25) is 19.7 Å². The van der Waals surface area contributed by atoms with Gasteiger partial charge in [0, 0.05) is 37.0 Å². The molecule has 1 aliphatic heterocycles. The van der Waals surface area contributed by atoms with Crippen molar-refractivity contribution < 1.29 is 14.5 Å². The molecule has 2 heterocycles. The van der Waals surface area contributed by atoms with Crippen molar-refractivity contribution in [2.24, 2.45) is 0 Å². The van der Waals surface area contributed by atoms with Gasteiger partial charge in [0.15, 0.2) is 0 Å². The van der Waals surface area contributed by atoms with Crippen LogP contribution in [0.1, 0.15) is 15.9 Å². The lowest BCUT2D eigenvalue weighted by Gasteiger charge is -2.28. The van der Waals surface area contributed by atoms with E-state index >= 15 is 0 Å². The molecule has 2 N–H and O–H groups in total. The summed E-state index contributed by atoms with van der Waals surface area (Å²) in [6.07, 6.45) is 2.62. The summed E-state index contributed by atoms with van der Waals surface area (Å²) in [4.78, 5) is 40.7. The van der Waals surface area contributed by atoms with Crippen LogP contribution in [0.5, 0.6) is 0 Å². The minimum Gasteiger partial charge on any atom is -0.360 e. The second-order valence-electron chi connectivity index (χ2n) is 6.92. The van der Waals surface area contributed by atoms with E-state index in [-0.39, 0.29) is 29.4 Å². The SMILES string of the molecule is O=C1CN(c2ccc(CNC(=O)c3ccc(-n4cncn4)c([N+](=O)[O-])c3)cc2)CCN1. The standard InChI is InChI=1S/C20H19N7O4/c28-19-11-25(8-7-22-19)16-4-1-14(2-5-16)10-23-20(29)15-3-6-17(18(9-15)27(30)31)26-13-21-12-24-26/h1-6,9,12-13H,7-8,10-11H2,(H,22,28)(H,23,29). The van der Waals surface area contributed by atoms with Gasteiger partial charge in [0.2, 0.25) is 5.91 Å². The highest BCUT2D eigenvalue weighted by molar-refractivity contribution is 5.95. The van der Waals surface area contributed by atoms with Crippen molar-refractivity contribution >= 4 is 23.2 Å². The highest BCUT2D eigenvalue weighted by Crippen LogP contribution is 2.23. The van der Waals surface area contributed by atoms with Crippen LogP contribution < -0.4 is 15.5 Å². The van der Waals surface area contributed by atoms with E-state index in [4.69, 9.17) is 0 Å². The van der Waals surface area contributed by atoms with Gasteiger partial charge in [0.1, 0.15) is 18.3 Å². The molecule has 2 amide bonds. The van der Waals surface area contributed by atoms with Gasteiger partial charge < -0.3 is 15.5 Å². The highest BCUT2D eigenvalue weighted by Gasteiger charge is 2.20. The Kier molecular flexibility index (Phi) is 5.56. The molecule has 0 unspecified atom stereocenters. The normalized spacial score (nSPS) is 13.5. The maximum absolute atomic E-state index is 12.5. The number of nitrogens with one attached hydrogen (secondary N) is 2. The molecule has 2 aromatic carbocycles. The monoisotopic (exact) mass is 421 g/mol. The van der Waals surface area contributed by atoms with Gasteiger partial charge in [-0.25, -0.2) is 9.67 Å². The molecule has 4 rings (SSSR count). The van der Waals surface area contributed by atoms with E-state index in [0.29, 0.717) is 13.1 Å². The van der Waals surface area contributed by atoms with Crippen LogP contribution in [0.15, 0.2) is 55.1 Å². The molecule has 0 bridgehead atoms. The number of nitro groups is 1. The zero-order chi connectivity index (χ0) is 21.8. The summed E-state index contributed by atoms with van der Waals surface area (Å²) in [6.45, 7) is 1.93. The lowest BCUT2D eigenvalue weighted by molar-refractivity contribution is -0.384. The fourth-order valence-electron chi connectivity index (χ4n) is 3.31. The Balaban J connectivity index is 1.42. The van der Waals surface area contributed by atoms with E-state index in [1.165, 1.54) is 35.5 Å². The van der Waals surface area contributed by atoms with E-state index in [2.05, 4.69) is 20.7 Å². The number of nitrogens with zero attached hydrogens (tertiary/aromatic N) is 5. The largest absolute Gasteiger partial charge is 0.360 e. The number of carbonyl (C=O) groups excluding carboxylic acids is 2. The molecule has 11 nitrogen and oxygen atoms in total. The Bertz CT molecular complexity index is 1110. The number of rotatable bonds is 6. The Morgan fingerprint density at radius 3 is 2.71 bits per heavy atom. The van der Waals surface area contributed by atoms with Crippen LogP contribution in [0.2, 0.25) is 0 Å². The van der Waals surface area contributed by atoms with E-state index < -0.39 is 10.8 Å². The van der Waals surface area contributed by atoms with Crippen molar-refractivity contribution in [1.29, 1.82) is 0 Å². The number of hydrogen-bond donors (Lipinski definition) is 2.